The first kappa shape index (κ1) is 27.3. The standard InChI is InChI=1S/C27H32F2N4O5/c1-16(34)33-14-19(18-9-10-23(38-27(28)29)24(12-18)37-15-17-7-8-17)11-22(33)25(35)30-13-20-5-4-6-21(31-20)26(36)32(2)3/h4-6,9-10,12,17,19,22,27H,7-8,11,13-15H2,1-3H3,(H,30,35)/t19?,22-/m0/s1. The van der Waals surface area contributed by atoms with Crippen LogP contribution in [0.3, 0.4) is 0 Å². The van der Waals surface area contributed by atoms with Crippen LogP contribution < -0.4 is 14.8 Å². The van der Waals surface area contributed by atoms with E-state index in [9.17, 15) is 23.2 Å². The third-order valence-corrected chi connectivity index (χ3v) is 6.71. The summed E-state index contributed by atoms with van der Waals surface area (Å²) < 4.78 is 36.2. The molecule has 4 rings (SSSR count). The first-order chi connectivity index (χ1) is 18.1. The smallest absolute Gasteiger partial charge is 0.387 e. The van der Waals surface area contributed by atoms with Crippen LogP contribution in [0.5, 0.6) is 11.5 Å². The zero-order valence-electron chi connectivity index (χ0n) is 21.7. The maximum Gasteiger partial charge on any atom is 0.387 e. The van der Waals surface area contributed by atoms with Crippen LogP contribution in [-0.2, 0) is 16.1 Å². The molecule has 38 heavy (non-hydrogen) atoms. The Morgan fingerprint density at radius 1 is 1.16 bits per heavy atom. The summed E-state index contributed by atoms with van der Waals surface area (Å²) in [6, 6.07) is 9.08. The molecule has 2 heterocycles. The predicted octanol–water partition coefficient (Wildman–Crippen LogP) is 3.19. The average molecular weight is 531 g/mol. The molecule has 1 aliphatic heterocycles. The molecule has 1 N–H and O–H groups in total. The monoisotopic (exact) mass is 530 g/mol. The van der Waals surface area contributed by atoms with Crippen molar-refractivity contribution >= 4 is 17.7 Å². The van der Waals surface area contributed by atoms with Gasteiger partial charge in [-0.3, -0.25) is 14.4 Å². The van der Waals surface area contributed by atoms with Gasteiger partial charge in [-0.2, -0.15) is 8.78 Å². The van der Waals surface area contributed by atoms with Crippen LogP contribution in [0.15, 0.2) is 36.4 Å². The van der Waals surface area contributed by atoms with E-state index in [1.165, 1.54) is 22.8 Å². The fraction of sp³-hybridized carbons (Fsp3) is 0.481. The molecule has 1 saturated carbocycles. The first-order valence-corrected chi connectivity index (χ1v) is 12.6. The summed E-state index contributed by atoms with van der Waals surface area (Å²) in [5.41, 5.74) is 1.56. The zero-order valence-corrected chi connectivity index (χ0v) is 21.7. The number of carbonyl (C=O) groups is 3. The molecule has 0 radical (unpaired) electrons. The average Bonchev–Trinajstić information content (AvgIpc) is 3.60. The van der Waals surface area contributed by atoms with Crippen LogP contribution in [0.1, 0.15) is 53.8 Å². The number of rotatable bonds is 10. The molecule has 0 bridgehead atoms. The molecule has 0 spiro atoms. The van der Waals surface area contributed by atoms with Gasteiger partial charge in [-0.05, 0) is 55.0 Å². The molecule has 3 amide bonds. The fourth-order valence-corrected chi connectivity index (χ4v) is 4.47. The Bertz CT molecular complexity index is 1190. The number of pyridine rings is 1. The van der Waals surface area contributed by atoms with Crippen LogP contribution in [-0.4, -0.2) is 72.4 Å². The SMILES string of the molecule is CC(=O)N1CC(c2ccc(OC(F)F)c(OCC3CC3)c2)C[C@H]1C(=O)NCc1cccc(C(=O)N(C)C)n1. The molecule has 2 aromatic rings. The normalized spacial score (nSPS) is 18.8. The molecular formula is C27H32F2N4O5. The second-order valence-electron chi connectivity index (χ2n) is 9.89. The summed E-state index contributed by atoms with van der Waals surface area (Å²) in [4.78, 5) is 44.9. The summed E-state index contributed by atoms with van der Waals surface area (Å²) in [6.45, 7) is -0.750. The Morgan fingerprint density at radius 3 is 2.58 bits per heavy atom. The van der Waals surface area contributed by atoms with Gasteiger partial charge in [0.15, 0.2) is 11.5 Å². The van der Waals surface area contributed by atoms with Crippen molar-refractivity contribution < 1.29 is 32.6 Å². The number of amides is 3. The lowest BCUT2D eigenvalue weighted by atomic mass is 9.95. The van der Waals surface area contributed by atoms with Gasteiger partial charge in [0, 0.05) is 33.5 Å². The van der Waals surface area contributed by atoms with E-state index in [-0.39, 0.29) is 47.4 Å². The summed E-state index contributed by atoms with van der Waals surface area (Å²) in [7, 11) is 3.26. The molecule has 2 fully saturated rings. The van der Waals surface area contributed by atoms with Gasteiger partial charge in [-0.25, -0.2) is 4.98 Å². The van der Waals surface area contributed by atoms with E-state index in [4.69, 9.17) is 4.74 Å². The minimum absolute atomic E-state index is 0.0393. The minimum Gasteiger partial charge on any atom is -0.489 e. The van der Waals surface area contributed by atoms with Gasteiger partial charge in [0.1, 0.15) is 11.7 Å². The van der Waals surface area contributed by atoms with Crippen LogP contribution in [0.2, 0.25) is 0 Å². The number of alkyl halides is 2. The maximum atomic E-state index is 13.1. The number of carbonyl (C=O) groups excluding carboxylic acids is 3. The van der Waals surface area contributed by atoms with Gasteiger partial charge in [0.2, 0.25) is 11.8 Å². The lowest BCUT2D eigenvalue weighted by molar-refractivity contribution is -0.136. The lowest BCUT2D eigenvalue weighted by Gasteiger charge is -2.22. The van der Waals surface area contributed by atoms with Crippen molar-refractivity contribution in [2.75, 3.05) is 27.2 Å². The Kier molecular flexibility index (Phi) is 8.43. The van der Waals surface area contributed by atoms with Crippen LogP contribution in [0.25, 0.3) is 0 Å². The van der Waals surface area contributed by atoms with Gasteiger partial charge in [0.05, 0.1) is 18.8 Å². The Balaban J connectivity index is 1.45. The van der Waals surface area contributed by atoms with Crippen molar-refractivity contribution in [2.24, 2.45) is 5.92 Å². The van der Waals surface area contributed by atoms with Crippen LogP contribution >= 0.6 is 0 Å². The van der Waals surface area contributed by atoms with E-state index in [1.54, 1.807) is 44.4 Å². The highest BCUT2D eigenvalue weighted by molar-refractivity contribution is 5.92. The van der Waals surface area contributed by atoms with Gasteiger partial charge in [-0.15, -0.1) is 0 Å². The molecule has 1 saturated heterocycles. The highest BCUT2D eigenvalue weighted by Gasteiger charge is 2.39. The van der Waals surface area contributed by atoms with Crippen molar-refractivity contribution in [1.82, 2.24) is 20.1 Å². The van der Waals surface area contributed by atoms with Gasteiger partial charge in [-0.1, -0.05) is 12.1 Å². The van der Waals surface area contributed by atoms with Crippen molar-refractivity contribution in [1.29, 1.82) is 0 Å². The number of likely N-dealkylation sites (tertiary alicyclic amines) is 1. The molecular weight excluding hydrogens is 498 g/mol. The second-order valence-corrected chi connectivity index (χ2v) is 9.89. The number of hydrogen-bond acceptors (Lipinski definition) is 6. The maximum absolute atomic E-state index is 13.1. The zero-order chi connectivity index (χ0) is 27.4. The molecule has 2 atom stereocenters. The number of aromatic nitrogens is 1. The molecule has 1 unspecified atom stereocenters. The molecule has 1 aliphatic carbocycles. The fourth-order valence-electron chi connectivity index (χ4n) is 4.47. The minimum atomic E-state index is -2.98. The van der Waals surface area contributed by atoms with Gasteiger partial charge >= 0.3 is 6.61 Å². The molecule has 204 valence electrons. The third-order valence-electron chi connectivity index (χ3n) is 6.71. The first-order valence-electron chi connectivity index (χ1n) is 12.6. The molecule has 1 aromatic carbocycles. The summed E-state index contributed by atoms with van der Waals surface area (Å²) in [6.07, 6.45) is 2.45. The summed E-state index contributed by atoms with van der Waals surface area (Å²) in [5.74, 6) is -0.411. The van der Waals surface area contributed by atoms with E-state index in [2.05, 4.69) is 15.0 Å². The number of nitrogens with zero attached hydrogens (tertiary/aromatic N) is 3. The van der Waals surface area contributed by atoms with Crippen molar-refractivity contribution in [3.63, 3.8) is 0 Å². The van der Waals surface area contributed by atoms with Gasteiger partial charge in [0.25, 0.3) is 5.91 Å². The largest absolute Gasteiger partial charge is 0.489 e. The highest BCUT2D eigenvalue weighted by Crippen LogP contribution is 2.39. The Morgan fingerprint density at radius 2 is 1.92 bits per heavy atom. The van der Waals surface area contributed by atoms with E-state index in [1.807, 2.05) is 0 Å². The molecule has 1 aromatic heterocycles. The lowest BCUT2D eigenvalue weighted by Crippen LogP contribution is -2.45. The number of halogens is 2. The number of nitrogens with one attached hydrogen (secondary N) is 1. The van der Waals surface area contributed by atoms with Crippen molar-refractivity contribution in [2.45, 2.75) is 51.3 Å². The van der Waals surface area contributed by atoms with Crippen molar-refractivity contribution in [3.05, 3.63) is 53.3 Å². The third kappa shape index (κ3) is 6.76. The van der Waals surface area contributed by atoms with Crippen LogP contribution in [0, 0.1) is 5.92 Å². The number of ether oxygens (including phenoxy) is 2. The van der Waals surface area contributed by atoms with E-state index >= 15 is 0 Å². The van der Waals surface area contributed by atoms with E-state index < -0.39 is 12.7 Å². The van der Waals surface area contributed by atoms with E-state index in [0.29, 0.717) is 31.2 Å². The molecule has 2 aliphatic rings. The highest BCUT2D eigenvalue weighted by atomic mass is 19.3. The van der Waals surface area contributed by atoms with Crippen molar-refractivity contribution in [3.8, 4) is 11.5 Å². The topological polar surface area (TPSA) is 101 Å². The van der Waals surface area contributed by atoms with E-state index in [0.717, 1.165) is 18.4 Å². The van der Waals surface area contributed by atoms with Gasteiger partial charge < -0.3 is 24.6 Å². The summed E-state index contributed by atoms with van der Waals surface area (Å²) in [5, 5.41) is 2.83. The van der Waals surface area contributed by atoms with Crippen LogP contribution in [0.4, 0.5) is 8.78 Å². The second kappa shape index (κ2) is 11.7. The molecule has 9 nitrogen and oxygen atoms in total. The quantitative estimate of drug-likeness (QED) is 0.507. The summed E-state index contributed by atoms with van der Waals surface area (Å²) >= 11 is 0. The Labute approximate surface area is 220 Å². The number of hydrogen-bond donors (Lipinski definition) is 1. The predicted molar refractivity (Wildman–Crippen MR) is 134 cm³/mol. The molecule has 11 heteroatoms. The number of benzene rings is 1. The Hall–Kier alpha value is -3.76.